The van der Waals surface area contributed by atoms with Gasteiger partial charge in [0.2, 0.25) is 0 Å². The van der Waals surface area contributed by atoms with Gasteiger partial charge in [0.15, 0.2) is 0 Å². The Balaban J connectivity index is 4.08. The van der Waals surface area contributed by atoms with Crippen LogP contribution in [0, 0.1) is 0 Å². The Hall–Kier alpha value is -0.530. The van der Waals surface area contributed by atoms with Gasteiger partial charge in [-0.05, 0) is 20.3 Å². The monoisotopic (exact) mass is 156 g/mol. The van der Waals surface area contributed by atoms with Crippen LogP contribution in [0.5, 0.6) is 0 Å². The van der Waals surface area contributed by atoms with Gasteiger partial charge in [-0.1, -0.05) is 6.92 Å². The quantitative estimate of drug-likeness (QED) is 0.451. The predicted octanol–water partition coefficient (Wildman–Crippen LogP) is 2.16. The van der Waals surface area contributed by atoms with Crippen LogP contribution >= 0.6 is 0 Å². The number of hydrogen-bond acceptors (Lipinski definition) is 1. The van der Waals surface area contributed by atoms with E-state index >= 15 is 0 Å². The standard InChI is InChI=1S/C9H20N2/c1-6-7-9(11(4)5)10-8(2)3/h8H,6-7H2,1-5H3. The zero-order valence-electron chi connectivity index (χ0n) is 8.39. The Kier molecular flexibility index (Phi) is 4.92. The van der Waals surface area contributed by atoms with E-state index in [-0.39, 0.29) is 0 Å². The Morgan fingerprint density at radius 3 is 2.18 bits per heavy atom. The maximum Gasteiger partial charge on any atom is 0.0986 e. The Morgan fingerprint density at radius 1 is 1.36 bits per heavy atom. The van der Waals surface area contributed by atoms with E-state index in [1.54, 1.807) is 0 Å². The van der Waals surface area contributed by atoms with Crippen molar-refractivity contribution in [2.24, 2.45) is 4.99 Å². The molecule has 0 aromatic carbocycles. The number of amidine groups is 1. The summed E-state index contributed by atoms with van der Waals surface area (Å²) in [6.07, 6.45) is 2.26. The van der Waals surface area contributed by atoms with Gasteiger partial charge in [0.05, 0.1) is 5.84 Å². The molecule has 0 spiro atoms. The average molecular weight is 156 g/mol. The molecule has 0 rings (SSSR count). The molecule has 0 radical (unpaired) electrons. The maximum atomic E-state index is 4.51. The van der Waals surface area contributed by atoms with Crippen LogP contribution in [0.3, 0.4) is 0 Å². The Labute approximate surface area is 70.3 Å². The first-order valence-electron chi connectivity index (χ1n) is 4.32. The highest BCUT2D eigenvalue weighted by molar-refractivity contribution is 5.81. The summed E-state index contributed by atoms with van der Waals surface area (Å²) < 4.78 is 0. The molecule has 0 saturated heterocycles. The molecule has 0 atom stereocenters. The van der Waals surface area contributed by atoms with Crippen molar-refractivity contribution in [2.45, 2.75) is 39.7 Å². The first-order valence-corrected chi connectivity index (χ1v) is 4.32. The van der Waals surface area contributed by atoms with Gasteiger partial charge in [0.1, 0.15) is 0 Å². The highest BCUT2D eigenvalue weighted by atomic mass is 15.1. The Morgan fingerprint density at radius 2 is 1.91 bits per heavy atom. The maximum absolute atomic E-state index is 4.51. The van der Waals surface area contributed by atoms with E-state index in [0.717, 1.165) is 6.42 Å². The fourth-order valence-corrected chi connectivity index (χ4v) is 0.925. The summed E-state index contributed by atoms with van der Waals surface area (Å²) in [5, 5.41) is 0. The number of hydrogen-bond donors (Lipinski definition) is 0. The molecule has 0 N–H and O–H groups in total. The molecule has 0 aliphatic rings. The topological polar surface area (TPSA) is 15.6 Å². The molecule has 0 heterocycles. The SMILES string of the molecule is CCCC(=NC(C)C)N(C)C. The van der Waals surface area contributed by atoms with Gasteiger partial charge in [-0.25, -0.2) is 0 Å². The van der Waals surface area contributed by atoms with Gasteiger partial charge >= 0.3 is 0 Å². The minimum Gasteiger partial charge on any atom is -0.366 e. The van der Waals surface area contributed by atoms with Gasteiger partial charge in [-0.15, -0.1) is 0 Å². The first kappa shape index (κ1) is 10.5. The van der Waals surface area contributed by atoms with Crippen molar-refractivity contribution in [1.82, 2.24) is 4.90 Å². The lowest BCUT2D eigenvalue weighted by atomic mass is 10.3. The molecule has 2 nitrogen and oxygen atoms in total. The van der Waals surface area contributed by atoms with Gasteiger partial charge in [-0.2, -0.15) is 0 Å². The molecular formula is C9H20N2. The zero-order valence-corrected chi connectivity index (χ0v) is 8.39. The number of nitrogens with zero attached hydrogens (tertiary/aromatic N) is 2. The minimum atomic E-state index is 0.416. The molecule has 0 amide bonds. The van der Waals surface area contributed by atoms with Crippen LogP contribution in [-0.2, 0) is 0 Å². The summed E-state index contributed by atoms with van der Waals surface area (Å²) >= 11 is 0. The van der Waals surface area contributed by atoms with Gasteiger partial charge in [0.25, 0.3) is 0 Å². The zero-order chi connectivity index (χ0) is 8.85. The molecule has 0 aliphatic carbocycles. The third kappa shape index (κ3) is 4.82. The lowest BCUT2D eigenvalue weighted by molar-refractivity contribution is 0.588. The number of aliphatic imine (C=N–C) groups is 1. The van der Waals surface area contributed by atoms with Crippen LogP contribution in [0.1, 0.15) is 33.6 Å². The molecule has 0 aliphatic heterocycles. The van der Waals surface area contributed by atoms with Gasteiger partial charge < -0.3 is 4.90 Å². The van der Waals surface area contributed by atoms with Crippen molar-refractivity contribution in [3.05, 3.63) is 0 Å². The van der Waals surface area contributed by atoms with Crippen LogP contribution in [0.4, 0.5) is 0 Å². The molecular weight excluding hydrogens is 136 g/mol. The molecule has 0 fully saturated rings. The van der Waals surface area contributed by atoms with E-state index in [4.69, 9.17) is 0 Å². The molecule has 0 aromatic heterocycles. The summed E-state index contributed by atoms with van der Waals surface area (Å²) in [4.78, 5) is 6.61. The van der Waals surface area contributed by atoms with Crippen LogP contribution in [-0.4, -0.2) is 30.9 Å². The van der Waals surface area contributed by atoms with E-state index < -0.39 is 0 Å². The Bertz CT molecular complexity index is 126. The van der Waals surface area contributed by atoms with E-state index in [1.165, 1.54) is 12.3 Å². The van der Waals surface area contributed by atoms with Crippen molar-refractivity contribution < 1.29 is 0 Å². The molecule has 0 aromatic rings. The second-order valence-corrected chi connectivity index (χ2v) is 3.28. The fraction of sp³-hybridized carbons (Fsp3) is 0.889. The minimum absolute atomic E-state index is 0.416. The number of rotatable bonds is 3. The molecule has 0 saturated carbocycles. The molecule has 0 unspecified atom stereocenters. The molecule has 11 heavy (non-hydrogen) atoms. The molecule has 66 valence electrons. The summed E-state index contributed by atoms with van der Waals surface area (Å²) in [7, 11) is 4.10. The van der Waals surface area contributed by atoms with E-state index in [1.807, 2.05) is 0 Å². The lowest BCUT2D eigenvalue weighted by Gasteiger charge is -2.16. The third-order valence-electron chi connectivity index (χ3n) is 1.40. The summed E-state index contributed by atoms with van der Waals surface area (Å²) in [6, 6.07) is 0.416. The molecule has 0 bridgehead atoms. The van der Waals surface area contributed by atoms with E-state index in [0.29, 0.717) is 6.04 Å². The van der Waals surface area contributed by atoms with Crippen LogP contribution in [0.2, 0.25) is 0 Å². The van der Waals surface area contributed by atoms with E-state index in [9.17, 15) is 0 Å². The fourth-order valence-electron chi connectivity index (χ4n) is 0.925. The first-order chi connectivity index (χ1) is 5.07. The van der Waals surface area contributed by atoms with Crippen molar-refractivity contribution in [3.63, 3.8) is 0 Å². The molecule has 2 heteroatoms. The smallest absolute Gasteiger partial charge is 0.0986 e. The van der Waals surface area contributed by atoms with Crippen LogP contribution < -0.4 is 0 Å². The highest BCUT2D eigenvalue weighted by Gasteiger charge is 2.00. The average Bonchev–Trinajstić information content (AvgIpc) is 1.86. The summed E-state index contributed by atoms with van der Waals surface area (Å²) in [5.74, 6) is 1.21. The largest absolute Gasteiger partial charge is 0.366 e. The lowest BCUT2D eigenvalue weighted by Crippen LogP contribution is -2.22. The van der Waals surface area contributed by atoms with Crippen molar-refractivity contribution in [3.8, 4) is 0 Å². The van der Waals surface area contributed by atoms with Crippen LogP contribution in [0.25, 0.3) is 0 Å². The highest BCUT2D eigenvalue weighted by Crippen LogP contribution is 1.98. The predicted molar refractivity (Wildman–Crippen MR) is 51.2 cm³/mol. The normalized spacial score (nSPS) is 12.4. The van der Waals surface area contributed by atoms with Gasteiger partial charge in [-0.3, -0.25) is 4.99 Å². The van der Waals surface area contributed by atoms with Gasteiger partial charge in [0, 0.05) is 26.6 Å². The third-order valence-corrected chi connectivity index (χ3v) is 1.40. The van der Waals surface area contributed by atoms with Crippen molar-refractivity contribution in [1.29, 1.82) is 0 Å². The summed E-state index contributed by atoms with van der Waals surface area (Å²) in [6.45, 7) is 6.40. The summed E-state index contributed by atoms with van der Waals surface area (Å²) in [5.41, 5.74) is 0. The van der Waals surface area contributed by atoms with E-state index in [2.05, 4.69) is 44.8 Å². The second kappa shape index (κ2) is 5.16. The van der Waals surface area contributed by atoms with Crippen LogP contribution in [0.15, 0.2) is 4.99 Å². The second-order valence-electron chi connectivity index (χ2n) is 3.28. The van der Waals surface area contributed by atoms with Crippen molar-refractivity contribution in [2.75, 3.05) is 14.1 Å². The van der Waals surface area contributed by atoms with Crippen molar-refractivity contribution >= 4 is 5.84 Å².